The van der Waals surface area contributed by atoms with Crippen molar-refractivity contribution in [2.24, 2.45) is 0 Å². The van der Waals surface area contributed by atoms with Crippen molar-refractivity contribution in [3.05, 3.63) is 41.1 Å². The van der Waals surface area contributed by atoms with E-state index in [-0.39, 0.29) is 5.91 Å². The molecule has 0 unspecified atom stereocenters. The van der Waals surface area contributed by atoms with Crippen LogP contribution in [0.5, 0.6) is 0 Å². The lowest BCUT2D eigenvalue weighted by molar-refractivity contribution is -0.118. The summed E-state index contributed by atoms with van der Waals surface area (Å²) in [5.41, 5.74) is 2.03. The highest BCUT2D eigenvalue weighted by molar-refractivity contribution is 6.32. The number of nitrogens with one attached hydrogen (secondary N) is 2. The van der Waals surface area contributed by atoms with Crippen molar-refractivity contribution in [3.63, 3.8) is 0 Å². The van der Waals surface area contributed by atoms with E-state index in [1.807, 2.05) is 36.5 Å². The Kier molecular flexibility index (Phi) is 4.05. The van der Waals surface area contributed by atoms with Gasteiger partial charge in [-0.25, -0.2) is 0 Å². The van der Waals surface area contributed by atoms with Gasteiger partial charge >= 0.3 is 0 Å². The molecule has 0 atom stereocenters. The predicted octanol–water partition coefficient (Wildman–Crippen LogP) is 3.36. The van der Waals surface area contributed by atoms with Gasteiger partial charge in [0.25, 0.3) is 0 Å². The Balaban J connectivity index is 2.04. The highest BCUT2D eigenvalue weighted by atomic mass is 35.5. The van der Waals surface area contributed by atoms with Crippen LogP contribution in [0, 0.1) is 0 Å². The molecule has 0 saturated carbocycles. The SMILES string of the molecule is CC(=O)NCCC=Cc1cc2cc[nH]c2cc1Cl. The lowest BCUT2D eigenvalue weighted by atomic mass is 10.1. The predicted molar refractivity (Wildman–Crippen MR) is 75.6 cm³/mol. The maximum absolute atomic E-state index is 10.7. The Labute approximate surface area is 111 Å². The molecule has 2 aromatic rings. The average Bonchev–Trinajstić information content (AvgIpc) is 2.75. The van der Waals surface area contributed by atoms with Crippen molar-refractivity contribution in [2.45, 2.75) is 13.3 Å². The molecule has 2 rings (SSSR count). The molecule has 1 aromatic carbocycles. The molecule has 0 bridgehead atoms. The second-order valence-electron chi connectivity index (χ2n) is 4.11. The minimum Gasteiger partial charge on any atom is -0.361 e. The molecule has 2 N–H and O–H groups in total. The first kappa shape index (κ1) is 12.7. The fraction of sp³-hybridized carbons (Fsp3) is 0.214. The molecule has 0 aliphatic carbocycles. The molecule has 94 valence electrons. The van der Waals surface area contributed by atoms with E-state index in [1.54, 1.807) is 0 Å². The fourth-order valence-corrected chi connectivity index (χ4v) is 1.99. The summed E-state index contributed by atoms with van der Waals surface area (Å²) in [6.45, 7) is 2.16. The number of halogens is 1. The molecule has 0 spiro atoms. The summed E-state index contributed by atoms with van der Waals surface area (Å²) in [6.07, 6.45) is 6.68. The minimum atomic E-state index is -0.00447. The Morgan fingerprint density at radius 3 is 3.11 bits per heavy atom. The number of benzene rings is 1. The Bertz CT molecular complexity index is 586. The standard InChI is InChI=1S/C14H15ClN2O/c1-10(18)16-6-3-2-4-11-8-12-5-7-17-14(12)9-13(11)15/h2,4-5,7-9,17H,3,6H2,1H3,(H,16,18). The molecule has 1 amide bonds. The Morgan fingerprint density at radius 1 is 1.50 bits per heavy atom. The third kappa shape index (κ3) is 3.14. The quantitative estimate of drug-likeness (QED) is 0.816. The molecule has 0 aliphatic rings. The highest BCUT2D eigenvalue weighted by Gasteiger charge is 2.00. The summed E-state index contributed by atoms with van der Waals surface area (Å²) < 4.78 is 0. The number of rotatable bonds is 4. The molecule has 1 aromatic heterocycles. The molecule has 3 nitrogen and oxygen atoms in total. The van der Waals surface area contributed by atoms with E-state index in [0.29, 0.717) is 6.54 Å². The first-order valence-corrected chi connectivity index (χ1v) is 6.22. The van der Waals surface area contributed by atoms with Gasteiger partial charge in [-0.2, -0.15) is 0 Å². The van der Waals surface area contributed by atoms with Crippen LogP contribution in [0.3, 0.4) is 0 Å². The average molecular weight is 263 g/mol. The Hall–Kier alpha value is -1.74. The third-order valence-corrected chi connectivity index (χ3v) is 2.98. The van der Waals surface area contributed by atoms with Crippen LogP contribution in [0.15, 0.2) is 30.5 Å². The summed E-state index contributed by atoms with van der Waals surface area (Å²) in [4.78, 5) is 13.8. The van der Waals surface area contributed by atoms with E-state index in [4.69, 9.17) is 11.6 Å². The van der Waals surface area contributed by atoms with E-state index in [1.165, 1.54) is 6.92 Å². The summed E-state index contributed by atoms with van der Waals surface area (Å²) in [6, 6.07) is 5.98. The van der Waals surface area contributed by atoms with Crippen LogP contribution in [0.2, 0.25) is 5.02 Å². The molecule has 0 radical (unpaired) electrons. The van der Waals surface area contributed by atoms with Crippen LogP contribution in [-0.4, -0.2) is 17.4 Å². The summed E-state index contributed by atoms with van der Waals surface area (Å²) in [7, 11) is 0. The number of carbonyl (C=O) groups excluding carboxylic acids is 1. The monoisotopic (exact) mass is 262 g/mol. The number of hydrogen-bond donors (Lipinski definition) is 2. The lowest BCUT2D eigenvalue weighted by Gasteiger charge is -2.00. The van der Waals surface area contributed by atoms with Crippen LogP contribution in [0.1, 0.15) is 18.9 Å². The van der Waals surface area contributed by atoms with Gasteiger partial charge in [-0.05, 0) is 30.2 Å². The van der Waals surface area contributed by atoms with Crippen LogP contribution in [0.4, 0.5) is 0 Å². The van der Waals surface area contributed by atoms with Crippen molar-refractivity contribution >= 4 is 34.5 Å². The highest BCUT2D eigenvalue weighted by Crippen LogP contribution is 2.24. The molecule has 0 aliphatic heterocycles. The zero-order chi connectivity index (χ0) is 13.0. The number of carbonyl (C=O) groups is 1. The zero-order valence-electron chi connectivity index (χ0n) is 10.2. The maximum atomic E-state index is 10.7. The van der Waals surface area contributed by atoms with E-state index in [2.05, 4.69) is 10.3 Å². The molecule has 0 saturated heterocycles. The van der Waals surface area contributed by atoms with Gasteiger partial charge in [-0.1, -0.05) is 23.8 Å². The molecule has 0 fully saturated rings. The number of hydrogen-bond acceptors (Lipinski definition) is 1. The fourth-order valence-electron chi connectivity index (χ4n) is 1.76. The largest absolute Gasteiger partial charge is 0.361 e. The Morgan fingerprint density at radius 2 is 2.33 bits per heavy atom. The summed E-state index contributed by atoms with van der Waals surface area (Å²) >= 11 is 6.18. The van der Waals surface area contributed by atoms with Gasteiger partial charge in [0.1, 0.15) is 0 Å². The third-order valence-electron chi connectivity index (χ3n) is 2.65. The molecule has 4 heteroatoms. The lowest BCUT2D eigenvalue weighted by Crippen LogP contribution is -2.20. The number of amides is 1. The topological polar surface area (TPSA) is 44.9 Å². The summed E-state index contributed by atoms with van der Waals surface area (Å²) in [5, 5.41) is 4.61. The van der Waals surface area contributed by atoms with Gasteiger partial charge in [0.05, 0.1) is 0 Å². The minimum absolute atomic E-state index is 0.00447. The van der Waals surface area contributed by atoms with Gasteiger partial charge in [0.15, 0.2) is 0 Å². The van der Waals surface area contributed by atoms with Crippen LogP contribution >= 0.6 is 11.6 Å². The first-order valence-electron chi connectivity index (χ1n) is 5.84. The van der Waals surface area contributed by atoms with Crippen LogP contribution in [0.25, 0.3) is 17.0 Å². The second kappa shape index (κ2) is 5.74. The smallest absolute Gasteiger partial charge is 0.216 e. The molecule has 18 heavy (non-hydrogen) atoms. The van der Waals surface area contributed by atoms with Gasteiger partial charge in [0.2, 0.25) is 5.91 Å². The van der Waals surface area contributed by atoms with Gasteiger partial charge in [0, 0.05) is 35.6 Å². The van der Waals surface area contributed by atoms with E-state index >= 15 is 0 Å². The van der Waals surface area contributed by atoms with E-state index < -0.39 is 0 Å². The number of fused-ring (bicyclic) bond motifs is 1. The summed E-state index contributed by atoms with van der Waals surface area (Å²) in [5.74, 6) is -0.00447. The number of aromatic nitrogens is 1. The van der Waals surface area contributed by atoms with Crippen molar-refractivity contribution in [2.75, 3.05) is 6.54 Å². The van der Waals surface area contributed by atoms with Gasteiger partial charge in [-0.3, -0.25) is 4.79 Å². The van der Waals surface area contributed by atoms with E-state index in [9.17, 15) is 4.79 Å². The van der Waals surface area contributed by atoms with Crippen molar-refractivity contribution in [1.29, 1.82) is 0 Å². The van der Waals surface area contributed by atoms with Gasteiger partial charge < -0.3 is 10.3 Å². The maximum Gasteiger partial charge on any atom is 0.216 e. The first-order chi connectivity index (χ1) is 8.66. The van der Waals surface area contributed by atoms with Crippen LogP contribution < -0.4 is 5.32 Å². The van der Waals surface area contributed by atoms with Crippen molar-refractivity contribution in [1.82, 2.24) is 10.3 Å². The number of H-pyrrole nitrogens is 1. The normalized spacial score (nSPS) is 11.2. The van der Waals surface area contributed by atoms with Crippen LogP contribution in [-0.2, 0) is 4.79 Å². The van der Waals surface area contributed by atoms with Crippen molar-refractivity contribution in [3.8, 4) is 0 Å². The molecule has 1 heterocycles. The van der Waals surface area contributed by atoms with Gasteiger partial charge in [-0.15, -0.1) is 0 Å². The van der Waals surface area contributed by atoms with Crippen molar-refractivity contribution < 1.29 is 4.79 Å². The number of aromatic amines is 1. The molecular weight excluding hydrogens is 248 g/mol. The molecular formula is C14H15ClN2O. The zero-order valence-corrected chi connectivity index (χ0v) is 10.9. The van der Waals surface area contributed by atoms with E-state index in [0.717, 1.165) is 27.9 Å². The second-order valence-corrected chi connectivity index (χ2v) is 4.52.